The number of carbonyl (C=O) groups is 1. The molecule has 3 N–H and O–H groups in total. The predicted octanol–water partition coefficient (Wildman–Crippen LogP) is 3.14. The Morgan fingerprint density at radius 2 is 1.89 bits per heavy atom. The Morgan fingerprint density at radius 1 is 1.16 bits per heavy atom. The van der Waals surface area contributed by atoms with Crippen LogP contribution in [-0.2, 0) is 0 Å². The molecule has 192 valence electrons. The Kier molecular flexibility index (Phi) is 6.16. The Balaban J connectivity index is 1.46. The number of β-amino-alcohol motifs (C(OH)–C–C–N with tert-alkyl or cyclic N) is 1. The van der Waals surface area contributed by atoms with Crippen LogP contribution in [0, 0.1) is 41.4 Å². The number of nitrogens with zero attached hydrogens (tertiary/aromatic N) is 4. The van der Waals surface area contributed by atoms with E-state index in [4.69, 9.17) is 5.10 Å². The molecule has 4 aliphatic rings. The van der Waals surface area contributed by atoms with Gasteiger partial charge >= 0.3 is 5.97 Å². The second kappa shape index (κ2) is 9.50. The number of carboxylic acids is 1. The molecule has 1 saturated heterocycles. The van der Waals surface area contributed by atoms with Crippen molar-refractivity contribution in [3.8, 4) is 0 Å². The number of likely N-dealkylation sites (tertiary alicyclic amines) is 1. The molecule has 8 heteroatoms. The normalized spacial score (nSPS) is 32.7. The topological polar surface area (TPSA) is 111 Å². The van der Waals surface area contributed by atoms with Gasteiger partial charge in [0.25, 0.3) is 0 Å². The summed E-state index contributed by atoms with van der Waals surface area (Å²) in [6.07, 6.45) is 8.11. The molecule has 2 saturated carbocycles. The van der Waals surface area contributed by atoms with Crippen molar-refractivity contribution in [2.45, 2.75) is 13.8 Å². The van der Waals surface area contributed by atoms with E-state index in [1.807, 2.05) is 18.2 Å². The second-order valence-electron chi connectivity index (χ2n) is 10.7. The summed E-state index contributed by atoms with van der Waals surface area (Å²) in [7, 11) is 0. The number of hydrogen-bond acceptors (Lipinski definition) is 7. The largest absolute Gasteiger partial charge is 0.478 e. The minimum absolute atomic E-state index is 0.0966. The minimum Gasteiger partial charge on any atom is -0.478 e. The van der Waals surface area contributed by atoms with E-state index < -0.39 is 5.97 Å². The van der Waals surface area contributed by atoms with Crippen molar-refractivity contribution < 1.29 is 15.0 Å². The lowest BCUT2D eigenvalue weighted by Crippen LogP contribution is -2.60. The van der Waals surface area contributed by atoms with Gasteiger partial charge in [-0.2, -0.15) is 5.10 Å². The highest BCUT2D eigenvalue weighted by Crippen LogP contribution is 2.65. The zero-order valence-electron chi connectivity index (χ0n) is 21.2. The smallest absolute Gasteiger partial charge is 0.335 e. The number of aromatic nitrogens is 2. The molecule has 2 aliphatic heterocycles. The number of hydrogen-bond donors (Lipinski definition) is 3. The summed E-state index contributed by atoms with van der Waals surface area (Å²) in [5.41, 5.74) is 7.76. The highest BCUT2D eigenvalue weighted by atomic mass is 16.4. The van der Waals surface area contributed by atoms with Gasteiger partial charge in [-0.05, 0) is 71.8 Å². The van der Waals surface area contributed by atoms with Crippen LogP contribution in [0.5, 0.6) is 0 Å². The number of benzene rings is 1. The first-order valence-electron chi connectivity index (χ1n) is 13.2. The molecule has 7 atom stereocenters. The molecule has 0 bridgehead atoms. The molecule has 0 spiro atoms. The van der Waals surface area contributed by atoms with Crippen molar-refractivity contribution in [1.82, 2.24) is 20.3 Å². The summed E-state index contributed by atoms with van der Waals surface area (Å²) in [6.45, 7) is 7.42. The van der Waals surface area contributed by atoms with Crippen LogP contribution in [0.25, 0.3) is 5.70 Å². The predicted molar refractivity (Wildman–Crippen MR) is 140 cm³/mol. The molecule has 3 fully saturated rings. The van der Waals surface area contributed by atoms with Crippen LogP contribution in [0.2, 0.25) is 0 Å². The lowest BCUT2D eigenvalue weighted by molar-refractivity contribution is -0.00925. The van der Waals surface area contributed by atoms with Crippen LogP contribution in [0.3, 0.4) is 0 Å². The van der Waals surface area contributed by atoms with Crippen LogP contribution < -0.4 is 5.43 Å². The van der Waals surface area contributed by atoms with E-state index in [2.05, 4.69) is 46.3 Å². The van der Waals surface area contributed by atoms with Gasteiger partial charge in [0.05, 0.1) is 17.9 Å². The first-order valence-corrected chi connectivity index (χ1v) is 13.2. The summed E-state index contributed by atoms with van der Waals surface area (Å²) in [5.74, 6) is 2.53. The third kappa shape index (κ3) is 3.81. The maximum absolute atomic E-state index is 11.4. The Labute approximate surface area is 216 Å². The number of carboxylic acid groups (broad SMARTS) is 1. The molecule has 6 rings (SSSR count). The standard InChI is InChI=1S/C29H33N5O3/c1-3-5-19-21-15-34(12-13-35)14-20(21)16(2)22-23(19)25-24(22)26(17-6-8-18(9-7-17)29(36)37)32-33-27(25)28-30-10-4-11-31-28/h3-11,16,19-23,25,32,35H,12-15H2,1-2H3,(H,36,37)/b5-3-/t16?,19?,20?,21?,22?,23?,25-/m0/s1. The number of aromatic carboxylic acids is 1. The third-order valence-electron chi connectivity index (χ3n) is 9.08. The van der Waals surface area contributed by atoms with Crippen LogP contribution in [0.15, 0.2) is 65.6 Å². The molecule has 6 unspecified atom stereocenters. The highest BCUT2D eigenvalue weighted by molar-refractivity contribution is 6.05. The minimum atomic E-state index is -0.932. The first kappa shape index (κ1) is 24.0. The number of fused-ring (bicyclic) bond motifs is 5. The van der Waals surface area contributed by atoms with E-state index in [0.29, 0.717) is 41.3 Å². The van der Waals surface area contributed by atoms with Gasteiger partial charge in [-0.3, -0.25) is 5.43 Å². The molecular formula is C29H33N5O3. The number of hydrazone groups is 1. The van der Waals surface area contributed by atoms with Gasteiger partial charge < -0.3 is 15.1 Å². The van der Waals surface area contributed by atoms with Gasteiger partial charge in [0.15, 0.2) is 5.82 Å². The van der Waals surface area contributed by atoms with Crippen molar-refractivity contribution in [3.05, 3.63) is 77.4 Å². The maximum Gasteiger partial charge on any atom is 0.335 e. The molecule has 0 amide bonds. The van der Waals surface area contributed by atoms with E-state index in [9.17, 15) is 15.0 Å². The fourth-order valence-corrected chi connectivity index (χ4v) is 7.61. The Hall–Kier alpha value is -3.36. The number of aliphatic hydroxyl groups excluding tert-OH is 1. The molecule has 1 aromatic heterocycles. The summed E-state index contributed by atoms with van der Waals surface area (Å²) in [6, 6.07) is 8.89. The van der Waals surface area contributed by atoms with Gasteiger partial charge in [0, 0.05) is 37.9 Å². The molecule has 0 radical (unpaired) electrons. The van der Waals surface area contributed by atoms with Crippen molar-refractivity contribution in [2.24, 2.45) is 46.5 Å². The number of allylic oxidation sites excluding steroid dienone is 3. The van der Waals surface area contributed by atoms with Crippen molar-refractivity contribution >= 4 is 17.4 Å². The average molecular weight is 500 g/mol. The van der Waals surface area contributed by atoms with Gasteiger partial charge in [-0.25, -0.2) is 14.8 Å². The third-order valence-corrected chi connectivity index (χ3v) is 9.08. The number of nitrogens with one attached hydrogen (secondary N) is 1. The van der Waals surface area contributed by atoms with E-state index in [1.165, 1.54) is 5.57 Å². The van der Waals surface area contributed by atoms with Crippen LogP contribution in [-0.4, -0.2) is 63.0 Å². The summed E-state index contributed by atoms with van der Waals surface area (Å²) in [4.78, 5) is 23.0. The molecule has 3 heterocycles. The van der Waals surface area contributed by atoms with Gasteiger partial charge in [-0.1, -0.05) is 31.2 Å². The lowest BCUT2D eigenvalue weighted by Gasteiger charge is -2.61. The van der Waals surface area contributed by atoms with Gasteiger partial charge in [0.1, 0.15) is 5.71 Å². The summed E-state index contributed by atoms with van der Waals surface area (Å²) in [5, 5.41) is 23.8. The molecule has 37 heavy (non-hydrogen) atoms. The van der Waals surface area contributed by atoms with Crippen molar-refractivity contribution in [2.75, 3.05) is 26.2 Å². The van der Waals surface area contributed by atoms with Gasteiger partial charge in [0.2, 0.25) is 0 Å². The van der Waals surface area contributed by atoms with Gasteiger partial charge in [-0.15, -0.1) is 0 Å². The zero-order valence-corrected chi connectivity index (χ0v) is 21.2. The van der Waals surface area contributed by atoms with Crippen LogP contribution >= 0.6 is 0 Å². The second-order valence-corrected chi connectivity index (χ2v) is 10.7. The SMILES string of the molecule is C/C=C\C1C2CN(CCO)CC2C(C)C2C3=C(c4ccc(C(=O)O)cc4)NN=C(c4ncccn4)[C@H]3C12. The Bertz CT molecular complexity index is 1270. The quantitative estimate of drug-likeness (QED) is 0.524. The Morgan fingerprint density at radius 3 is 2.57 bits per heavy atom. The molecule has 8 nitrogen and oxygen atoms in total. The molecule has 2 aromatic rings. The summed E-state index contributed by atoms with van der Waals surface area (Å²) < 4.78 is 0. The lowest BCUT2D eigenvalue weighted by atomic mass is 9.43. The molecular weight excluding hydrogens is 466 g/mol. The van der Waals surface area contributed by atoms with E-state index in [-0.39, 0.29) is 18.1 Å². The first-order chi connectivity index (χ1) is 18.0. The van der Waals surface area contributed by atoms with Crippen LogP contribution in [0.4, 0.5) is 0 Å². The molecule has 1 aromatic carbocycles. The van der Waals surface area contributed by atoms with E-state index >= 15 is 0 Å². The maximum atomic E-state index is 11.4. The van der Waals surface area contributed by atoms with E-state index in [0.717, 1.165) is 36.6 Å². The fourth-order valence-electron chi connectivity index (χ4n) is 7.61. The highest BCUT2D eigenvalue weighted by Gasteiger charge is 2.63. The van der Waals surface area contributed by atoms with Crippen molar-refractivity contribution in [1.29, 1.82) is 0 Å². The number of rotatable bonds is 6. The molecule has 2 aliphatic carbocycles. The monoisotopic (exact) mass is 499 g/mol. The van der Waals surface area contributed by atoms with Crippen molar-refractivity contribution in [3.63, 3.8) is 0 Å². The average Bonchev–Trinajstić information content (AvgIpc) is 3.33. The summed E-state index contributed by atoms with van der Waals surface area (Å²) >= 11 is 0. The van der Waals surface area contributed by atoms with E-state index in [1.54, 1.807) is 24.5 Å². The van der Waals surface area contributed by atoms with Crippen LogP contribution in [0.1, 0.15) is 35.6 Å². The fraction of sp³-hybridized carbons (Fsp3) is 0.448. The number of aliphatic hydroxyl groups is 1. The zero-order chi connectivity index (χ0) is 25.7.